The van der Waals surface area contributed by atoms with Crippen LogP contribution < -0.4 is 5.73 Å². The molecule has 2 nitrogen and oxygen atoms in total. The molecule has 2 N–H and O–H groups in total. The number of nitrogens with zero attached hydrogens (tertiary/aromatic N) is 1. The molecule has 2 unspecified atom stereocenters. The van der Waals surface area contributed by atoms with Gasteiger partial charge in [0.05, 0.1) is 6.04 Å². The van der Waals surface area contributed by atoms with E-state index < -0.39 is 0 Å². The van der Waals surface area contributed by atoms with Gasteiger partial charge in [0.15, 0.2) is 0 Å². The molecule has 3 heteroatoms. The van der Waals surface area contributed by atoms with Crippen molar-refractivity contribution >= 4 is 15.9 Å². The lowest BCUT2D eigenvalue weighted by Gasteiger charge is -2.37. The zero-order valence-corrected chi connectivity index (χ0v) is 13.4. The second-order valence-corrected chi connectivity index (χ2v) is 5.91. The molecule has 0 saturated carbocycles. The maximum absolute atomic E-state index is 6.35. The van der Waals surface area contributed by atoms with Gasteiger partial charge in [-0.05, 0) is 44.5 Å². The summed E-state index contributed by atoms with van der Waals surface area (Å²) in [6.07, 6.45) is 0.990. The Hall–Kier alpha value is -0.380. The van der Waals surface area contributed by atoms with Crippen molar-refractivity contribution in [2.75, 3.05) is 6.54 Å². The van der Waals surface area contributed by atoms with Crippen molar-refractivity contribution in [3.05, 3.63) is 34.3 Å². The number of hydrogen-bond donors (Lipinski definition) is 1. The highest BCUT2D eigenvalue weighted by Gasteiger charge is 2.26. The second kappa shape index (κ2) is 7.27. The minimum Gasteiger partial charge on any atom is -0.326 e. The summed E-state index contributed by atoms with van der Waals surface area (Å²) in [6, 6.07) is 9.52. The summed E-state index contributed by atoms with van der Waals surface area (Å²) in [7, 11) is 0. The van der Waals surface area contributed by atoms with E-state index in [4.69, 9.17) is 5.73 Å². The number of likely N-dealkylation sites (N-methyl/N-ethyl adjacent to an activating group) is 1. The van der Waals surface area contributed by atoms with Crippen LogP contribution >= 0.6 is 15.9 Å². The number of nitrogens with two attached hydrogens (primary N) is 1. The van der Waals surface area contributed by atoms with Crippen LogP contribution in [0.4, 0.5) is 0 Å². The average molecular weight is 313 g/mol. The van der Waals surface area contributed by atoms with Crippen molar-refractivity contribution < 1.29 is 0 Å². The van der Waals surface area contributed by atoms with E-state index in [0.29, 0.717) is 12.1 Å². The zero-order valence-electron chi connectivity index (χ0n) is 11.9. The maximum Gasteiger partial charge on any atom is 0.0501 e. The summed E-state index contributed by atoms with van der Waals surface area (Å²) < 4.78 is 1.11. The molecule has 0 aliphatic rings. The van der Waals surface area contributed by atoms with Gasteiger partial charge in [0.25, 0.3) is 0 Å². The van der Waals surface area contributed by atoms with E-state index in [9.17, 15) is 0 Å². The molecule has 1 aromatic rings. The highest BCUT2D eigenvalue weighted by molar-refractivity contribution is 9.10. The topological polar surface area (TPSA) is 29.3 Å². The van der Waals surface area contributed by atoms with Crippen LogP contribution in [0.3, 0.4) is 0 Å². The van der Waals surface area contributed by atoms with Crippen molar-refractivity contribution in [3.8, 4) is 0 Å². The first-order chi connectivity index (χ1) is 8.51. The summed E-state index contributed by atoms with van der Waals surface area (Å²) in [5.74, 6) is 0. The first kappa shape index (κ1) is 15.7. The van der Waals surface area contributed by atoms with Crippen LogP contribution in [-0.2, 0) is 0 Å². The molecule has 0 fully saturated rings. The molecule has 0 amide bonds. The normalized spacial score (nSPS) is 15.1. The predicted octanol–water partition coefficient (Wildman–Crippen LogP) is 3.96. The lowest BCUT2D eigenvalue weighted by molar-refractivity contribution is 0.138. The third-order valence-corrected chi connectivity index (χ3v) is 4.00. The molecule has 18 heavy (non-hydrogen) atoms. The van der Waals surface area contributed by atoms with Crippen molar-refractivity contribution in [1.29, 1.82) is 0 Å². The Kier molecular flexibility index (Phi) is 6.33. The Morgan fingerprint density at radius 2 is 1.72 bits per heavy atom. The quantitative estimate of drug-likeness (QED) is 0.861. The molecule has 0 bridgehead atoms. The molecule has 0 radical (unpaired) electrons. The van der Waals surface area contributed by atoms with Gasteiger partial charge in [-0.1, -0.05) is 41.9 Å². The molecule has 0 spiro atoms. The van der Waals surface area contributed by atoms with E-state index in [1.807, 2.05) is 0 Å². The Labute approximate surface area is 120 Å². The fourth-order valence-electron chi connectivity index (χ4n) is 2.45. The van der Waals surface area contributed by atoms with Crippen LogP contribution in [0.15, 0.2) is 28.7 Å². The van der Waals surface area contributed by atoms with E-state index in [1.54, 1.807) is 0 Å². The molecule has 0 aliphatic heterocycles. The van der Waals surface area contributed by atoms with Crippen molar-refractivity contribution in [1.82, 2.24) is 4.90 Å². The van der Waals surface area contributed by atoms with E-state index >= 15 is 0 Å². The van der Waals surface area contributed by atoms with Gasteiger partial charge >= 0.3 is 0 Å². The monoisotopic (exact) mass is 312 g/mol. The van der Waals surface area contributed by atoms with Crippen LogP contribution in [0.25, 0.3) is 0 Å². The molecular weight excluding hydrogens is 288 g/mol. The van der Waals surface area contributed by atoms with Crippen LogP contribution in [0.1, 0.15) is 45.7 Å². The van der Waals surface area contributed by atoms with Gasteiger partial charge in [-0.3, -0.25) is 4.90 Å². The van der Waals surface area contributed by atoms with Gasteiger partial charge in [0.1, 0.15) is 0 Å². The van der Waals surface area contributed by atoms with Gasteiger partial charge in [0, 0.05) is 16.6 Å². The third-order valence-electron chi connectivity index (χ3n) is 3.47. The number of hydrogen-bond acceptors (Lipinski definition) is 2. The largest absolute Gasteiger partial charge is 0.326 e. The molecule has 0 aliphatic carbocycles. The summed E-state index contributed by atoms with van der Waals surface area (Å²) in [5, 5.41) is 0. The fourth-order valence-corrected chi connectivity index (χ4v) is 2.72. The van der Waals surface area contributed by atoms with Gasteiger partial charge in [-0.15, -0.1) is 0 Å². The van der Waals surface area contributed by atoms with Gasteiger partial charge in [-0.2, -0.15) is 0 Å². The second-order valence-electron chi connectivity index (χ2n) is 4.99. The summed E-state index contributed by atoms with van der Waals surface area (Å²) in [4.78, 5) is 2.47. The SMILES string of the molecule is CCC(N)C(c1ccc(Br)cc1)N(CC)C(C)C. The third kappa shape index (κ3) is 3.81. The van der Waals surface area contributed by atoms with E-state index in [0.717, 1.165) is 17.4 Å². The Morgan fingerprint density at radius 1 is 1.17 bits per heavy atom. The average Bonchev–Trinajstić information content (AvgIpc) is 2.36. The Morgan fingerprint density at radius 3 is 2.11 bits per heavy atom. The smallest absolute Gasteiger partial charge is 0.0501 e. The predicted molar refractivity (Wildman–Crippen MR) is 82.7 cm³/mol. The number of rotatable bonds is 6. The lowest BCUT2D eigenvalue weighted by atomic mass is 9.95. The molecular formula is C15H25BrN2. The van der Waals surface area contributed by atoms with Crippen molar-refractivity contribution in [2.45, 2.75) is 52.2 Å². The number of halogens is 1. The number of benzene rings is 1. The van der Waals surface area contributed by atoms with Crippen LogP contribution in [-0.4, -0.2) is 23.5 Å². The summed E-state index contributed by atoms with van der Waals surface area (Å²) in [6.45, 7) is 9.85. The highest BCUT2D eigenvalue weighted by atomic mass is 79.9. The van der Waals surface area contributed by atoms with Gasteiger partial charge in [-0.25, -0.2) is 0 Å². The first-order valence-electron chi connectivity index (χ1n) is 6.78. The molecule has 102 valence electrons. The molecule has 0 aromatic heterocycles. The molecule has 0 heterocycles. The minimum absolute atomic E-state index is 0.175. The van der Waals surface area contributed by atoms with Crippen LogP contribution in [0.5, 0.6) is 0 Å². The molecule has 2 atom stereocenters. The van der Waals surface area contributed by atoms with E-state index in [1.165, 1.54) is 5.56 Å². The summed E-state index contributed by atoms with van der Waals surface area (Å²) >= 11 is 3.49. The first-order valence-corrected chi connectivity index (χ1v) is 7.57. The Balaban J connectivity index is 3.07. The minimum atomic E-state index is 0.175. The molecule has 1 aromatic carbocycles. The standard InChI is InChI=1S/C15H25BrN2/c1-5-14(17)15(18(6-2)11(3)4)12-7-9-13(16)10-8-12/h7-11,14-15H,5-6,17H2,1-4H3. The van der Waals surface area contributed by atoms with Gasteiger partial charge in [0.2, 0.25) is 0 Å². The molecule has 0 saturated heterocycles. The Bertz CT molecular complexity index is 348. The van der Waals surface area contributed by atoms with Crippen molar-refractivity contribution in [2.24, 2.45) is 5.73 Å². The van der Waals surface area contributed by atoms with Gasteiger partial charge < -0.3 is 5.73 Å². The van der Waals surface area contributed by atoms with E-state index in [-0.39, 0.29) is 6.04 Å². The lowest BCUT2D eigenvalue weighted by Crippen LogP contribution is -2.44. The van der Waals surface area contributed by atoms with Crippen LogP contribution in [0, 0.1) is 0 Å². The fraction of sp³-hybridized carbons (Fsp3) is 0.600. The van der Waals surface area contributed by atoms with Crippen molar-refractivity contribution in [3.63, 3.8) is 0 Å². The summed E-state index contributed by atoms with van der Waals surface area (Å²) in [5.41, 5.74) is 7.66. The maximum atomic E-state index is 6.35. The highest BCUT2D eigenvalue weighted by Crippen LogP contribution is 2.27. The van der Waals surface area contributed by atoms with Crippen LogP contribution in [0.2, 0.25) is 0 Å². The van der Waals surface area contributed by atoms with E-state index in [2.05, 4.69) is 72.8 Å². The molecule has 1 rings (SSSR count). The zero-order chi connectivity index (χ0) is 13.7.